The van der Waals surface area contributed by atoms with E-state index in [1.54, 1.807) is 33.7 Å². The normalized spacial score (nSPS) is 18.3. The maximum absolute atomic E-state index is 13.3. The molecule has 1 aliphatic heterocycles. The van der Waals surface area contributed by atoms with Crippen molar-refractivity contribution in [2.24, 2.45) is 5.92 Å². The Morgan fingerprint density at radius 2 is 1.64 bits per heavy atom. The van der Waals surface area contributed by atoms with E-state index in [4.69, 9.17) is 28.0 Å². The summed E-state index contributed by atoms with van der Waals surface area (Å²) in [5.74, 6) is 1.53. The number of rotatable bonds is 20. The third-order valence-corrected chi connectivity index (χ3v) is 12.3. The van der Waals surface area contributed by atoms with Gasteiger partial charge >= 0.3 is 5.69 Å². The van der Waals surface area contributed by atoms with Crippen LogP contribution in [0.1, 0.15) is 80.9 Å². The van der Waals surface area contributed by atoms with Crippen LogP contribution >= 0.6 is 8.38 Å². The van der Waals surface area contributed by atoms with Gasteiger partial charge in [-0.3, -0.25) is 14.3 Å². The molecule has 0 saturated carbocycles. The minimum absolute atomic E-state index is 0.00701. The third-order valence-electron chi connectivity index (χ3n) is 10.7. The highest BCUT2D eigenvalue weighted by Crippen LogP contribution is 2.48. The fourth-order valence-electron chi connectivity index (χ4n) is 7.45. The van der Waals surface area contributed by atoms with E-state index in [1.165, 1.54) is 10.8 Å². The van der Waals surface area contributed by atoms with Crippen molar-refractivity contribution in [2.45, 2.75) is 89.4 Å². The molecule has 0 bridgehead atoms. The van der Waals surface area contributed by atoms with Crippen molar-refractivity contribution >= 4 is 13.8 Å². The van der Waals surface area contributed by atoms with Crippen molar-refractivity contribution in [1.29, 1.82) is 5.26 Å². The Morgan fingerprint density at radius 3 is 2.21 bits per heavy atom. The van der Waals surface area contributed by atoms with E-state index in [0.717, 1.165) is 42.4 Å². The number of hydrogen-bond acceptors (Lipinski definition) is 10. The minimum atomic E-state index is -1.83. The largest absolute Gasteiger partial charge is 0.497 e. The van der Waals surface area contributed by atoms with Gasteiger partial charge in [0.05, 0.1) is 58.0 Å². The maximum Gasteiger partial charge on any atom is 0.330 e. The van der Waals surface area contributed by atoms with Gasteiger partial charge in [-0.15, -0.1) is 0 Å². The number of ether oxygens (including phenoxy) is 4. The number of nitrogens with zero attached hydrogens (tertiary/aromatic N) is 3. The van der Waals surface area contributed by atoms with Crippen molar-refractivity contribution in [3.8, 4) is 17.6 Å². The lowest BCUT2D eigenvalue weighted by Gasteiger charge is -2.37. The molecule has 2 N–H and O–H groups in total. The van der Waals surface area contributed by atoms with Crippen LogP contribution in [0.5, 0.6) is 11.5 Å². The van der Waals surface area contributed by atoms with Gasteiger partial charge < -0.3 is 33.0 Å². The highest BCUT2D eigenvalue weighted by atomic mass is 31.2. The SMILES string of the molecule is CCCCC(CC)C(CC#N)OP(O[C@H]1C[C@H](n2cc(C)c(=O)[nH]c2=O)O[C@@H]1COC(c1ccccc1)(c1ccc(OC)cc1)c1ccc(OC)cc1)c1cnc[nH]1. The van der Waals surface area contributed by atoms with E-state index in [0.29, 0.717) is 22.5 Å². The minimum Gasteiger partial charge on any atom is -0.497 e. The van der Waals surface area contributed by atoms with Gasteiger partial charge in [-0.1, -0.05) is 87.7 Å². The number of hydrogen-bond donors (Lipinski definition) is 2. The molecule has 6 rings (SSSR count). The van der Waals surface area contributed by atoms with Crippen LogP contribution in [-0.2, 0) is 24.1 Å². The predicted molar refractivity (Wildman–Crippen MR) is 221 cm³/mol. The lowest BCUT2D eigenvalue weighted by atomic mass is 9.80. The summed E-state index contributed by atoms with van der Waals surface area (Å²) in [6.45, 7) is 5.91. The number of aromatic amines is 2. The monoisotopic (exact) mass is 809 g/mol. The van der Waals surface area contributed by atoms with Gasteiger partial charge in [0.1, 0.15) is 34.9 Å². The van der Waals surface area contributed by atoms with Crippen LogP contribution in [0.4, 0.5) is 0 Å². The molecule has 0 amide bonds. The average molecular weight is 810 g/mol. The van der Waals surface area contributed by atoms with Gasteiger partial charge in [-0.25, -0.2) is 9.78 Å². The van der Waals surface area contributed by atoms with Gasteiger partial charge in [0, 0.05) is 18.2 Å². The van der Waals surface area contributed by atoms with E-state index in [-0.39, 0.29) is 31.5 Å². The molecule has 14 heteroatoms. The Hall–Kier alpha value is -5.09. The summed E-state index contributed by atoms with van der Waals surface area (Å²) < 4.78 is 40.2. The summed E-state index contributed by atoms with van der Waals surface area (Å²) in [6.07, 6.45) is 6.39. The standard InChI is InChI=1S/C44H52N5O8P/c1-6-8-12-31(7-2)37(23-24-45)56-58(40-26-46-29-47-40)57-38-25-41(49-27-30(3)42(50)48-43(49)51)55-39(38)28-54-44(32-13-10-9-11-14-32,33-15-19-35(52-4)20-16-33)34-17-21-36(53-5)22-18-34/h9-11,13-22,26-27,29,31,37-39,41H,6-8,12,23,25,28H2,1-5H3,(H,46,47)(H,48,50,51)/t31?,37?,38-,39+,41+,58?/m0/s1. The lowest BCUT2D eigenvalue weighted by Crippen LogP contribution is -2.38. The number of methoxy groups -OCH3 is 2. The summed E-state index contributed by atoms with van der Waals surface area (Å²) in [4.78, 5) is 35.5. The molecule has 0 aliphatic carbocycles. The molecular formula is C44H52N5O8P. The van der Waals surface area contributed by atoms with Crippen LogP contribution in [0.3, 0.4) is 0 Å². The molecule has 1 aliphatic rings. The molecule has 6 atom stereocenters. The van der Waals surface area contributed by atoms with Crippen LogP contribution in [0.25, 0.3) is 0 Å². The Labute approximate surface area is 340 Å². The van der Waals surface area contributed by atoms with E-state index in [1.807, 2.05) is 78.9 Å². The van der Waals surface area contributed by atoms with Gasteiger partial charge in [0.2, 0.25) is 8.38 Å². The lowest BCUT2D eigenvalue weighted by molar-refractivity contribution is -0.0919. The molecule has 3 unspecified atom stereocenters. The third kappa shape index (κ3) is 9.60. The van der Waals surface area contributed by atoms with Gasteiger partial charge in [0.15, 0.2) is 0 Å². The zero-order chi connectivity index (χ0) is 41.1. The van der Waals surface area contributed by atoms with Crippen molar-refractivity contribution in [1.82, 2.24) is 19.5 Å². The molecule has 1 fully saturated rings. The smallest absolute Gasteiger partial charge is 0.330 e. The van der Waals surface area contributed by atoms with Gasteiger partial charge in [-0.05, 0) is 60.2 Å². The van der Waals surface area contributed by atoms with E-state index in [2.05, 4.69) is 34.9 Å². The van der Waals surface area contributed by atoms with E-state index in [9.17, 15) is 14.9 Å². The molecule has 1 saturated heterocycles. The molecule has 0 radical (unpaired) electrons. The quantitative estimate of drug-likeness (QED) is 0.0598. The predicted octanol–water partition coefficient (Wildman–Crippen LogP) is 7.42. The Kier molecular flexibility index (Phi) is 14.7. The average Bonchev–Trinajstić information content (AvgIpc) is 3.94. The molecule has 13 nitrogen and oxygen atoms in total. The molecule has 306 valence electrons. The number of H-pyrrole nitrogens is 2. The number of benzene rings is 3. The molecule has 0 spiro atoms. The van der Waals surface area contributed by atoms with Crippen molar-refractivity contribution in [3.63, 3.8) is 0 Å². The van der Waals surface area contributed by atoms with Crippen molar-refractivity contribution in [2.75, 3.05) is 20.8 Å². The first-order valence-corrected chi connectivity index (χ1v) is 20.9. The number of aryl methyl sites for hydroxylation is 1. The number of nitrogens with one attached hydrogen (secondary N) is 2. The second kappa shape index (κ2) is 20.1. The van der Waals surface area contributed by atoms with Crippen LogP contribution in [-0.4, -0.2) is 58.7 Å². The number of aromatic nitrogens is 4. The first-order valence-electron chi connectivity index (χ1n) is 19.7. The zero-order valence-electron chi connectivity index (χ0n) is 33.6. The second-order valence-corrected chi connectivity index (χ2v) is 15.7. The number of imidazole rings is 1. The summed E-state index contributed by atoms with van der Waals surface area (Å²) in [7, 11) is 1.42. The number of nitriles is 1. The summed E-state index contributed by atoms with van der Waals surface area (Å²) in [5.41, 5.74) is 1.32. The van der Waals surface area contributed by atoms with E-state index >= 15 is 0 Å². The Balaban J connectivity index is 1.42. The topological polar surface area (TPSA) is 163 Å². The van der Waals surface area contributed by atoms with Crippen LogP contribution < -0.4 is 26.2 Å². The molecule has 58 heavy (non-hydrogen) atoms. The fraction of sp³-hybridized carbons (Fsp3) is 0.409. The molecule has 2 aromatic heterocycles. The van der Waals surface area contributed by atoms with Crippen molar-refractivity contribution in [3.05, 3.63) is 141 Å². The maximum atomic E-state index is 13.3. The molecule has 3 heterocycles. The zero-order valence-corrected chi connectivity index (χ0v) is 34.5. The van der Waals surface area contributed by atoms with Crippen molar-refractivity contribution < 1.29 is 28.0 Å². The first-order chi connectivity index (χ1) is 28.2. The summed E-state index contributed by atoms with van der Waals surface area (Å²) >= 11 is 0. The van der Waals surface area contributed by atoms with Gasteiger partial charge in [-0.2, -0.15) is 5.26 Å². The Morgan fingerprint density at radius 1 is 0.983 bits per heavy atom. The molecule has 3 aromatic carbocycles. The fourth-order valence-corrected chi connectivity index (χ4v) is 9.01. The molecule has 5 aromatic rings. The summed E-state index contributed by atoms with van der Waals surface area (Å²) in [5, 5.41) is 9.90. The first kappa shape index (κ1) is 42.5. The highest BCUT2D eigenvalue weighted by molar-refractivity contribution is 7.55. The highest BCUT2D eigenvalue weighted by Gasteiger charge is 2.45. The van der Waals surface area contributed by atoms with Crippen LogP contribution in [0, 0.1) is 24.2 Å². The van der Waals surface area contributed by atoms with E-state index < -0.39 is 43.7 Å². The van der Waals surface area contributed by atoms with Gasteiger partial charge in [0.25, 0.3) is 5.56 Å². The Bertz CT molecular complexity index is 2140. The number of unbranched alkanes of at least 4 members (excludes halogenated alkanes) is 1. The molecular weight excluding hydrogens is 757 g/mol. The summed E-state index contributed by atoms with van der Waals surface area (Å²) in [6, 6.07) is 27.8. The van der Waals surface area contributed by atoms with Crippen LogP contribution in [0.2, 0.25) is 0 Å². The van der Waals surface area contributed by atoms with Crippen LogP contribution in [0.15, 0.2) is 107 Å². The second-order valence-electron chi connectivity index (χ2n) is 14.3.